The molecule has 0 aliphatic carbocycles. The van der Waals surface area contributed by atoms with Crippen molar-refractivity contribution in [2.75, 3.05) is 33.0 Å². The molecule has 0 saturated carbocycles. The van der Waals surface area contributed by atoms with Crippen LogP contribution in [-0.4, -0.2) is 45.0 Å². The first kappa shape index (κ1) is 23.9. The van der Waals surface area contributed by atoms with E-state index in [1.807, 2.05) is 37.3 Å². The number of rotatable bonds is 15. The number of hydrogen-bond donors (Lipinski definition) is 0. The Morgan fingerprint density at radius 2 is 1.68 bits per heavy atom. The van der Waals surface area contributed by atoms with Crippen LogP contribution >= 0.6 is 0 Å². The normalized spacial score (nSPS) is 11.6. The Labute approximate surface area is 167 Å². The van der Waals surface area contributed by atoms with Crippen molar-refractivity contribution in [2.45, 2.75) is 45.6 Å². The third-order valence-corrected chi connectivity index (χ3v) is 3.85. The van der Waals surface area contributed by atoms with Crippen molar-refractivity contribution in [3.63, 3.8) is 0 Å². The van der Waals surface area contributed by atoms with Crippen LogP contribution in [0.25, 0.3) is 0 Å². The van der Waals surface area contributed by atoms with E-state index in [4.69, 9.17) is 18.9 Å². The summed E-state index contributed by atoms with van der Waals surface area (Å²) in [5.41, 5.74) is 1.23. The quantitative estimate of drug-likeness (QED) is 0.255. The van der Waals surface area contributed by atoms with Gasteiger partial charge in [-0.2, -0.15) is 0 Å². The topological polar surface area (TPSA) is 71.1 Å². The second kappa shape index (κ2) is 14.8. The molecule has 1 unspecified atom stereocenters. The molecule has 1 aromatic rings. The molecule has 0 saturated heterocycles. The lowest BCUT2D eigenvalue weighted by Gasteiger charge is -2.18. The van der Waals surface area contributed by atoms with Gasteiger partial charge in [-0.15, -0.1) is 0 Å². The number of carbonyl (C=O) groups is 2. The molecular weight excluding hydrogens is 360 g/mol. The van der Waals surface area contributed by atoms with Crippen LogP contribution < -0.4 is 0 Å². The summed E-state index contributed by atoms with van der Waals surface area (Å²) in [7, 11) is 0. The molecule has 0 fully saturated rings. The molecule has 0 spiro atoms. The van der Waals surface area contributed by atoms with Gasteiger partial charge in [0.25, 0.3) is 0 Å². The van der Waals surface area contributed by atoms with E-state index in [1.165, 1.54) is 0 Å². The highest BCUT2D eigenvalue weighted by atomic mass is 16.6. The van der Waals surface area contributed by atoms with Gasteiger partial charge >= 0.3 is 11.9 Å². The summed E-state index contributed by atoms with van der Waals surface area (Å²) in [6.07, 6.45) is 1.94. The summed E-state index contributed by atoms with van der Waals surface area (Å²) < 4.78 is 21.6. The average molecular weight is 392 g/mol. The van der Waals surface area contributed by atoms with E-state index in [0.29, 0.717) is 25.2 Å². The zero-order valence-electron chi connectivity index (χ0n) is 17.0. The molecule has 0 aliphatic rings. The minimum absolute atomic E-state index is 0.160. The molecule has 1 atom stereocenters. The Morgan fingerprint density at radius 1 is 1.00 bits per heavy atom. The molecule has 28 heavy (non-hydrogen) atoms. The van der Waals surface area contributed by atoms with Crippen LogP contribution in [0.2, 0.25) is 0 Å². The van der Waals surface area contributed by atoms with E-state index >= 15 is 0 Å². The van der Waals surface area contributed by atoms with Gasteiger partial charge in [-0.3, -0.25) is 4.79 Å². The predicted molar refractivity (Wildman–Crippen MR) is 107 cm³/mol. The molecule has 0 N–H and O–H groups in total. The van der Waals surface area contributed by atoms with Crippen LogP contribution in [0.3, 0.4) is 0 Å². The van der Waals surface area contributed by atoms with Crippen molar-refractivity contribution in [1.29, 1.82) is 0 Å². The smallest absolute Gasteiger partial charge is 0.333 e. The second-order valence-corrected chi connectivity index (χ2v) is 6.39. The fourth-order valence-electron chi connectivity index (χ4n) is 2.33. The van der Waals surface area contributed by atoms with Crippen LogP contribution in [0, 0.1) is 0 Å². The van der Waals surface area contributed by atoms with Gasteiger partial charge in [-0.1, -0.05) is 36.9 Å². The van der Waals surface area contributed by atoms with Crippen LogP contribution in [-0.2, 0) is 28.5 Å². The third-order valence-electron chi connectivity index (χ3n) is 3.85. The maximum absolute atomic E-state index is 12.2. The Hall–Kier alpha value is -2.18. The van der Waals surface area contributed by atoms with Gasteiger partial charge < -0.3 is 18.9 Å². The van der Waals surface area contributed by atoms with E-state index in [0.717, 1.165) is 31.6 Å². The van der Waals surface area contributed by atoms with Crippen molar-refractivity contribution >= 4 is 11.9 Å². The first-order chi connectivity index (χ1) is 13.5. The first-order valence-corrected chi connectivity index (χ1v) is 9.77. The van der Waals surface area contributed by atoms with Gasteiger partial charge in [0.1, 0.15) is 0 Å². The molecule has 0 aliphatic heterocycles. The summed E-state index contributed by atoms with van der Waals surface area (Å²) in [6, 6.07) is 9.52. The molecule has 1 aromatic carbocycles. The highest BCUT2D eigenvalue weighted by molar-refractivity contribution is 5.86. The Balaban J connectivity index is 2.38. The first-order valence-electron chi connectivity index (χ1n) is 9.77. The Morgan fingerprint density at radius 3 is 2.32 bits per heavy atom. The molecule has 0 heterocycles. The Bertz CT molecular complexity index is 584. The summed E-state index contributed by atoms with van der Waals surface area (Å²) >= 11 is 0. The molecule has 6 nitrogen and oxygen atoms in total. The highest BCUT2D eigenvalue weighted by Crippen LogP contribution is 2.19. The summed E-state index contributed by atoms with van der Waals surface area (Å²) in [4.78, 5) is 23.5. The van der Waals surface area contributed by atoms with Gasteiger partial charge in [0, 0.05) is 31.8 Å². The molecule has 0 bridgehead atoms. The van der Waals surface area contributed by atoms with E-state index in [1.54, 1.807) is 6.92 Å². The second-order valence-electron chi connectivity index (χ2n) is 6.39. The van der Waals surface area contributed by atoms with Gasteiger partial charge in [0.2, 0.25) is 0 Å². The SMILES string of the molecule is C=C(C)C(=O)OCCCC(=O)OC(COCCCCOCC)c1ccccc1. The van der Waals surface area contributed by atoms with Crippen LogP contribution in [0.4, 0.5) is 0 Å². The predicted octanol–water partition coefficient (Wildman–Crippen LogP) is 4.00. The van der Waals surface area contributed by atoms with E-state index in [9.17, 15) is 9.59 Å². The van der Waals surface area contributed by atoms with Crippen LogP contribution in [0.15, 0.2) is 42.5 Å². The van der Waals surface area contributed by atoms with Crippen molar-refractivity contribution in [1.82, 2.24) is 0 Å². The number of ether oxygens (including phenoxy) is 4. The molecule has 156 valence electrons. The van der Waals surface area contributed by atoms with Crippen molar-refractivity contribution in [2.24, 2.45) is 0 Å². The largest absolute Gasteiger partial charge is 0.462 e. The maximum atomic E-state index is 12.2. The third kappa shape index (κ3) is 10.8. The Kier molecular flexibility index (Phi) is 12.6. The lowest BCUT2D eigenvalue weighted by atomic mass is 10.1. The number of carbonyl (C=O) groups excluding carboxylic acids is 2. The van der Waals surface area contributed by atoms with Gasteiger partial charge in [-0.05, 0) is 38.7 Å². The number of unbranched alkanes of at least 4 members (excludes halogenated alkanes) is 1. The van der Waals surface area contributed by atoms with Crippen molar-refractivity contribution in [3.8, 4) is 0 Å². The molecule has 6 heteroatoms. The maximum Gasteiger partial charge on any atom is 0.333 e. The fourth-order valence-corrected chi connectivity index (χ4v) is 2.33. The van der Waals surface area contributed by atoms with E-state index in [-0.39, 0.29) is 19.0 Å². The van der Waals surface area contributed by atoms with Gasteiger partial charge in [0.05, 0.1) is 13.2 Å². The molecule has 1 rings (SSSR count). The molecular formula is C22H32O6. The molecule has 0 amide bonds. The van der Waals surface area contributed by atoms with E-state index < -0.39 is 12.1 Å². The van der Waals surface area contributed by atoms with Crippen molar-refractivity contribution < 1.29 is 28.5 Å². The summed E-state index contributed by atoms with van der Waals surface area (Å²) in [6.45, 7) is 9.56. The lowest BCUT2D eigenvalue weighted by Crippen LogP contribution is -2.17. The zero-order chi connectivity index (χ0) is 20.6. The van der Waals surface area contributed by atoms with Gasteiger partial charge in [0.15, 0.2) is 6.10 Å². The number of esters is 2. The summed E-state index contributed by atoms with van der Waals surface area (Å²) in [5, 5.41) is 0. The van der Waals surface area contributed by atoms with Crippen LogP contribution in [0.1, 0.15) is 51.2 Å². The lowest BCUT2D eigenvalue weighted by molar-refractivity contribution is -0.154. The fraction of sp³-hybridized carbons (Fsp3) is 0.545. The van der Waals surface area contributed by atoms with E-state index in [2.05, 4.69) is 6.58 Å². The number of benzene rings is 1. The molecule has 0 aromatic heterocycles. The number of hydrogen-bond acceptors (Lipinski definition) is 6. The minimum atomic E-state index is -0.460. The standard InChI is InChI=1S/C22H32O6/c1-4-25-14-8-9-15-26-17-20(19-11-6-5-7-12-19)28-21(23)13-10-16-27-22(24)18(2)3/h5-7,11-12,20H,2,4,8-10,13-17H2,1,3H3. The highest BCUT2D eigenvalue weighted by Gasteiger charge is 2.17. The van der Waals surface area contributed by atoms with Crippen LogP contribution in [0.5, 0.6) is 0 Å². The zero-order valence-corrected chi connectivity index (χ0v) is 17.0. The van der Waals surface area contributed by atoms with Gasteiger partial charge in [-0.25, -0.2) is 4.79 Å². The monoisotopic (exact) mass is 392 g/mol. The molecule has 0 radical (unpaired) electrons. The summed E-state index contributed by atoms with van der Waals surface area (Å²) in [5.74, 6) is -0.798. The average Bonchev–Trinajstić information content (AvgIpc) is 2.70. The van der Waals surface area contributed by atoms with Crippen molar-refractivity contribution in [3.05, 3.63) is 48.0 Å². The minimum Gasteiger partial charge on any atom is -0.462 e.